The van der Waals surface area contributed by atoms with E-state index in [1.54, 1.807) is 6.07 Å². The van der Waals surface area contributed by atoms with E-state index in [4.69, 9.17) is 13.3 Å². The first kappa shape index (κ1) is 26.7. The largest absolute Gasteiger partial charge is 0.507 e. The summed E-state index contributed by atoms with van der Waals surface area (Å²) >= 11 is 0. The quantitative estimate of drug-likeness (QED) is 0.198. The molecule has 8 nitrogen and oxygen atoms in total. The highest BCUT2D eigenvalue weighted by Gasteiger charge is 2.19. The smallest absolute Gasteiger partial charge is 0.231 e. The van der Waals surface area contributed by atoms with Crippen molar-refractivity contribution < 1.29 is 18.4 Å². The maximum absolute atomic E-state index is 11.3. The number of phenols is 1. The van der Waals surface area contributed by atoms with Crippen LogP contribution < -0.4 is 4.90 Å². The Morgan fingerprint density at radius 1 is 0.426 bits per heavy atom. The average Bonchev–Trinajstić information content (AvgIpc) is 3.86. The summed E-state index contributed by atoms with van der Waals surface area (Å²) in [7, 11) is 0. The molecule has 47 heavy (non-hydrogen) atoms. The lowest BCUT2D eigenvalue weighted by Crippen LogP contribution is -2.10. The summed E-state index contributed by atoms with van der Waals surface area (Å²) in [6.45, 7) is 0. The fourth-order valence-electron chi connectivity index (χ4n) is 5.77. The van der Waals surface area contributed by atoms with E-state index in [1.807, 2.05) is 133 Å². The highest BCUT2D eigenvalue weighted by molar-refractivity contribution is 5.84. The van der Waals surface area contributed by atoms with Crippen LogP contribution in [0.3, 0.4) is 0 Å². The predicted molar refractivity (Wildman–Crippen MR) is 182 cm³/mol. The highest BCUT2D eigenvalue weighted by atomic mass is 16.4. The number of phenolic OH excluding ortho intramolecular Hbond substituents is 1. The van der Waals surface area contributed by atoms with Crippen LogP contribution in [0.5, 0.6) is 5.75 Å². The van der Waals surface area contributed by atoms with Crippen LogP contribution in [0, 0.1) is 0 Å². The molecule has 9 rings (SSSR count). The van der Waals surface area contributed by atoms with Gasteiger partial charge in [0.05, 0.1) is 5.56 Å². The first-order valence-electron chi connectivity index (χ1n) is 15.1. The molecule has 0 aliphatic rings. The molecule has 0 aliphatic heterocycles. The van der Waals surface area contributed by atoms with Crippen LogP contribution in [0.2, 0.25) is 0 Å². The first-order valence-corrected chi connectivity index (χ1v) is 15.1. The van der Waals surface area contributed by atoms with Gasteiger partial charge in [-0.25, -0.2) is 15.0 Å². The van der Waals surface area contributed by atoms with E-state index >= 15 is 0 Å². The number of para-hydroxylation sites is 6. The molecule has 1 N–H and O–H groups in total. The van der Waals surface area contributed by atoms with Crippen LogP contribution in [0.25, 0.3) is 67.7 Å². The molecule has 9 aromatic rings. The summed E-state index contributed by atoms with van der Waals surface area (Å²) in [6, 6.07) is 44.4. The zero-order valence-electron chi connectivity index (χ0n) is 24.7. The number of hydrogen-bond donors (Lipinski definition) is 1. The normalized spacial score (nSPS) is 11.5. The van der Waals surface area contributed by atoms with Crippen molar-refractivity contribution in [3.8, 4) is 40.1 Å². The van der Waals surface area contributed by atoms with Crippen LogP contribution in [-0.4, -0.2) is 20.1 Å². The van der Waals surface area contributed by atoms with Gasteiger partial charge in [0, 0.05) is 34.3 Å². The molecular formula is C39H24N4O4. The second-order valence-electron chi connectivity index (χ2n) is 11.1. The summed E-state index contributed by atoms with van der Waals surface area (Å²) in [4.78, 5) is 15.9. The predicted octanol–water partition coefficient (Wildman–Crippen LogP) is 10.3. The lowest BCUT2D eigenvalue weighted by Gasteiger charge is -2.26. The number of benzene rings is 6. The number of fused-ring (bicyclic) bond motifs is 3. The van der Waals surface area contributed by atoms with Gasteiger partial charge in [0.15, 0.2) is 16.7 Å². The van der Waals surface area contributed by atoms with Gasteiger partial charge in [-0.2, -0.15) is 0 Å². The topological polar surface area (TPSA) is 102 Å². The summed E-state index contributed by atoms with van der Waals surface area (Å²) in [5.74, 6) is 1.50. The Hall–Kier alpha value is -6.67. The van der Waals surface area contributed by atoms with Gasteiger partial charge in [-0.05, 0) is 97.1 Å². The molecule has 0 aliphatic carbocycles. The van der Waals surface area contributed by atoms with E-state index in [0.29, 0.717) is 28.8 Å². The maximum Gasteiger partial charge on any atom is 0.231 e. The third-order valence-corrected chi connectivity index (χ3v) is 8.10. The van der Waals surface area contributed by atoms with Crippen LogP contribution >= 0.6 is 0 Å². The first-order chi connectivity index (χ1) is 23.2. The molecule has 6 aromatic carbocycles. The van der Waals surface area contributed by atoms with E-state index < -0.39 is 0 Å². The second kappa shape index (κ2) is 10.7. The van der Waals surface area contributed by atoms with Crippen molar-refractivity contribution in [3.63, 3.8) is 0 Å². The Bertz CT molecular complexity index is 2330. The number of oxazole rings is 3. The zero-order valence-corrected chi connectivity index (χ0v) is 24.7. The van der Waals surface area contributed by atoms with Crippen molar-refractivity contribution in [3.05, 3.63) is 140 Å². The highest BCUT2D eigenvalue weighted by Crippen LogP contribution is 2.41. The van der Waals surface area contributed by atoms with E-state index in [0.717, 1.165) is 55.9 Å². The summed E-state index contributed by atoms with van der Waals surface area (Å²) in [5, 5.41) is 11.3. The molecule has 3 aromatic heterocycles. The minimum Gasteiger partial charge on any atom is -0.507 e. The fourth-order valence-corrected chi connectivity index (χ4v) is 5.77. The van der Waals surface area contributed by atoms with Gasteiger partial charge in [0.1, 0.15) is 22.3 Å². The molecule has 0 unspecified atom stereocenters. The third-order valence-electron chi connectivity index (χ3n) is 8.10. The van der Waals surface area contributed by atoms with E-state index in [2.05, 4.69) is 19.9 Å². The van der Waals surface area contributed by atoms with Crippen LogP contribution in [0.1, 0.15) is 0 Å². The van der Waals surface area contributed by atoms with Crippen molar-refractivity contribution in [2.24, 2.45) is 0 Å². The monoisotopic (exact) mass is 612 g/mol. The molecule has 0 atom stereocenters. The Morgan fingerprint density at radius 3 is 1.28 bits per heavy atom. The van der Waals surface area contributed by atoms with Gasteiger partial charge in [0.25, 0.3) is 0 Å². The summed E-state index contributed by atoms with van der Waals surface area (Å²) in [5.41, 5.74) is 9.16. The van der Waals surface area contributed by atoms with Crippen LogP contribution in [-0.2, 0) is 0 Å². The number of rotatable bonds is 6. The molecule has 0 amide bonds. The van der Waals surface area contributed by atoms with Crippen molar-refractivity contribution >= 4 is 50.4 Å². The number of aromatic nitrogens is 3. The molecule has 0 bridgehead atoms. The fraction of sp³-hybridized carbons (Fsp3) is 0. The Kier molecular flexibility index (Phi) is 6.11. The van der Waals surface area contributed by atoms with E-state index in [9.17, 15) is 5.11 Å². The van der Waals surface area contributed by atoms with Crippen molar-refractivity contribution in [1.29, 1.82) is 0 Å². The Morgan fingerprint density at radius 2 is 0.830 bits per heavy atom. The van der Waals surface area contributed by atoms with Crippen molar-refractivity contribution in [2.75, 3.05) is 4.90 Å². The second-order valence-corrected chi connectivity index (χ2v) is 11.1. The van der Waals surface area contributed by atoms with E-state index in [-0.39, 0.29) is 5.75 Å². The molecular weight excluding hydrogens is 588 g/mol. The summed E-state index contributed by atoms with van der Waals surface area (Å²) in [6.07, 6.45) is 0. The number of nitrogens with zero attached hydrogens (tertiary/aromatic N) is 4. The van der Waals surface area contributed by atoms with Gasteiger partial charge < -0.3 is 23.3 Å². The third kappa shape index (κ3) is 4.76. The molecule has 0 spiro atoms. The maximum atomic E-state index is 11.3. The lowest BCUT2D eigenvalue weighted by atomic mass is 10.1. The molecule has 3 heterocycles. The Balaban J connectivity index is 1.11. The SMILES string of the molecule is Oc1cc(N(c2ccc(-c3nc4ccccc4o3)cc2)c2ccc(-c3nc4ccccc4o3)cc2)ccc1-c1nc2ccccc2o1. The van der Waals surface area contributed by atoms with Crippen molar-refractivity contribution in [2.45, 2.75) is 0 Å². The minimum absolute atomic E-state index is 0.0465. The standard InChI is InChI=1S/C39H24N4O4/c44-33-23-28(21-22-29(33)39-42-32-9-3-6-12-36(32)47-39)43(26-17-13-24(14-18-26)37-40-30-7-1-4-10-34(30)45-37)27-19-15-25(16-20-27)38-41-31-8-2-5-11-35(31)46-38/h1-23,44H. The van der Waals surface area contributed by atoms with Gasteiger partial charge in [0.2, 0.25) is 17.7 Å². The van der Waals surface area contributed by atoms with Crippen molar-refractivity contribution in [1.82, 2.24) is 15.0 Å². The van der Waals surface area contributed by atoms with Crippen LogP contribution in [0.15, 0.2) is 153 Å². The molecule has 8 heteroatoms. The number of anilines is 3. The van der Waals surface area contributed by atoms with E-state index in [1.165, 1.54) is 0 Å². The molecule has 0 saturated carbocycles. The Labute approximate surface area is 267 Å². The molecule has 0 fully saturated rings. The lowest BCUT2D eigenvalue weighted by molar-refractivity contribution is 0.474. The summed E-state index contributed by atoms with van der Waals surface area (Å²) < 4.78 is 18.0. The van der Waals surface area contributed by atoms with Gasteiger partial charge in [-0.15, -0.1) is 0 Å². The zero-order chi connectivity index (χ0) is 31.3. The average molecular weight is 613 g/mol. The molecule has 0 saturated heterocycles. The molecule has 0 radical (unpaired) electrons. The van der Waals surface area contributed by atoms with Gasteiger partial charge in [-0.1, -0.05) is 36.4 Å². The number of hydrogen-bond acceptors (Lipinski definition) is 8. The minimum atomic E-state index is 0.0465. The molecule has 224 valence electrons. The van der Waals surface area contributed by atoms with Gasteiger partial charge in [-0.3, -0.25) is 0 Å². The van der Waals surface area contributed by atoms with Crippen LogP contribution in [0.4, 0.5) is 17.1 Å². The van der Waals surface area contributed by atoms with Gasteiger partial charge >= 0.3 is 0 Å². The number of aromatic hydroxyl groups is 1.